The number of nitrogens with one attached hydrogen (secondary N) is 2. The molecule has 0 aliphatic carbocycles. The number of ether oxygens (including phenoxy) is 1. The molecule has 1 amide bonds. The van der Waals surface area contributed by atoms with Gasteiger partial charge in [0.2, 0.25) is 0 Å². The highest BCUT2D eigenvalue weighted by Crippen LogP contribution is 2.19. The van der Waals surface area contributed by atoms with Crippen LogP contribution < -0.4 is 15.4 Å². The number of carbonyl (C=O) groups excluding carboxylic acids is 1. The maximum absolute atomic E-state index is 14.1. The van der Waals surface area contributed by atoms with Crippen LogP contribution in [0.4, 0.5) is 15.9 Å². The van der Waals surface area contributed by atoms with Crippen molar-refractivity contribution in [3.8, 4) is 5.75 Å². The quantitative estimate of drug-likeness (QED) is 0.888. The first-order chi connectivity index (χ1) is 10.2. The Labute approximate surface area is 122 Å². The van der Waals surface area contributed by atoms with Gasteiger partial charge in [-0.2, -0.15) is 0 Å². The highest BCUT2D eigenvalue weighted by Gasteiger charge is 2.16. The van der Waals surface area contributed by atoms with Crippen molar-refractivity contribution in [1.82, 2.24) is 4.98 Å². The maximum atomic E-state index is 14.1. The van der Waals surface area contributed by atoms with Crippen molar-refractivity contribution in [3.05, 3.63) is 47.9 Å². The minimum Gasteiger partial charge on any atom is -0.497 e. The van der Waals surface area contributed by atoms with E-state index in [-0.39, 0.29) is 11.4 Å². The first-order valence-electron chi connectivity index (χ1n) is 6.49. The molecule has 6 heteroatoms. The summed E-state index contributed by atoms with van der Waals surface area (Å²) in [7, 11) is 1.53. The smallest absolute Gasteiger partial charge is 0.258 e. The minimum atomic E-state index is -0.667. The van der Waals surface area contributed by atoms with Gasteiger partial charge in [0.15, 0.2) is 11.6 Å². The average Bonchev–Trinajstić information content (AvgIpc) is 2.49. The van der Waals surface area contributed by atoms with E-state index in [1.807, 2.05) is 6.92 Å². The molecule has 1 aromatic carbocycles. The van der Waals surface area contributed by atoms with Crippen LogP contribution in [0.5, 0.6) is 5.75 Å². The van der Waals surface area contributed by atoms with Crippen LogP contribution in [0.2, 0.25) is 0 Å². The summed E-state index contributed by atoms with van der Waals surface area (Å²) < 4.78 is 19.2. The second-order valence-corrected chi connectivity index (χ2v) is 4.24. The molecule has 0 saturated carbocycles. The highest BCUT2D eigenvalue weighted by molar-refractivity contribution is 6.04. The van der Waals surface area contributed by atoms with E-state index in [0.717, 1.165) is 0 Å². The zero-order valence-electron chi connectivity index (χ0n) is 11.8. The molecule has 2 N–H and O–H groups in total. The molecule has 2 aromatic rings. The first-order valence-corrected chi connectivity index (χ1v) is 6.49. The molecule has 0 fully saturated rings. The lowest BCUT2D eigenvalue weighted by molar-refractivity contribution is 0.102. The van der Waals surface area contributed by atoms with Gasteiger partial charge in [0, 0.05) is 24.5 Å². The van der Waals surface area contributed by atoms with E-state index in [2.05, 4.69) is 15.6 Å². The number of rotatable bonds is 5. The van der Waals surface area contributed by atoms with Gasteiger partial charge in [-0.25, -0.2) is 9.37 Å². The number of halogens is 1. The lowest BCUT2D eigenvalue weighted by atomic mass is 10.2. The monoisotopic (exact) mass is 289 g/mol. The molecule has 0 aliphatic rings. The molecular weight excluding hydrogens is 273 g/mol. The van der Waals surface area contributed by atoms with Crippen molar-refractivity contribution in [1.29, 1.82) is 0 Å². The van der Waals surface area contributed by atoms with Gasteiger partial charge in [0.25, 0.3) is 5.91 Å². The molecule has 0 radical (unpaired) electrons. The molecule has 0 bridgehead atoms. The molecule has 5 nitrogen and oxygen atoms in total. The van der Waals surface area contributed by atoms with Crippen molar-refractivity contribution >= 4 is 17.4 Å². The van der Waals surface area contributed by atoms with Gasteiger partial charge in [0.1, 0.15) is 5.75 Å². The standard InChI is InChI=1S/C15H16FN3O2/c1-3-17-14-13(16)12(7-8-18-14)15(20)19-10-5-4-6-11(9-10)21-2/h4-9H,3H2,1-2H3,(H,17,18)(H,19,20). The lowest BCUT2D eigenvalue weighted by Crippen LogP contribution is -2.15. The third-order valence-corrected chi connectivity index (χ3v) is 2.81. The van der Waals surface area contributed by atoms with Crippen LogP contribution in [0.1, 0.15) is 17.3 Å². The van der Waals surface area contributed by atoms with Crippen LogP contribution in [-0.4, -0.2) is 24.5 Å². The Morgan fingerprint density at radius 1 is 1.38 bits per heavy atom. The number of amides is 1. The van der Waals surface area contributed by atoms with Gasteiger partial charge in [-0.15, -0.1) is 0 Å². The van der Waals surface area contributed by atoms with Gasteiger partial charge in [-0.1, -0.05) is 6.07 Å². The molecule has 0 spiro atoms. The fourth-order valence-electron chi connectivity index (χ4n) is 1.81. The summed E-state index contributed by atoms with van der Waals surface area (Å²) in [5.41, 5.74) is 0.462. The second-order valence-electron chi connectivity index (χ2n) is 4.24. The fraction of sp³-hybridized carbons (Fsp3) is 0.200. The normalized spacial score (nSPS) is 10.0. The number of benzene rings is 1. The van der Waals surface area contributed by atoms with E-state index in [0.29, 0.717) is 18.0 Å². The maximum Gasteiger partial charge on any atom is 0.258 e. The molecule has 110 valence electrons. The molecular formula is C15H16FN3O2. The number of anilines is 2. The summed E-state index contributed by atoms with van der Waals surface area (Å²) in [4.78, 5) is 16.0. The summed E-state index contributed by atoms with van der Waals surface area (Å²) >= 11 is 0. The Morgan fingerprint density at radius 3 is 2.90 bits per heavy atom. The number of hydrogen-bond donors (Lipinski definition) is 2. The van der Waals surface area contributed by atoms with E-state index in [1.54, 1.807) is 24.3 Å². The summed E-state index contributed by atoms with van der Waals surface area (Å²) in [6.07, 6.45) is 1.39. The Bertz CT molecular complexity index is 647. The molecule has 2 rings (SSSR count). The third kappa shape index (κ3) is 3.47. The summed E-state index contributed by atoms with van der Waals surface area (Å²) in [6, 6.07) is 8.19. The van der Waals surface area contributed by atoms with Gasteiger partial charge in [-0.05, 0) is 25.1 Å². The van der Waals surface area contributed by atoms with Crippen molar-refractivity contribution < 1.29 is 13.9 Å². The Morgan fingerprint density at radius 2 is 2.19 bits per heavy atom. The molecule has 1 heterocycles. The number of aromatic nitrogens is 1. The molecule has 0 aliphatic heterocycles. The van der Waals surface area contributed by atoms with Crippen molar-refractivity contribution in [2.45, 2.75) is 6.92 Å². The van der Waals surface area contributed by atoms with Gasteiger partial charge in [-0.3, -0.25) is 4.79 Å². The summed E-state index contributed by atoms with van der Waals surface area (Å²) in [5, 5.41) is 5.40. The predicted octanol–water partition coefficient (Wildman–Crippen LogP) is 2.91. The Balaban J connectivity index is 2.22. The largest absolute Gasteiger partial charge is 0.497 e. The Hall–Kier alpha value is -2.63. The van der Waals surface area contributed by atoms with E-state index in [9.17, 15) is 9.18 Å². The number of pyridine rings is 1. The summed E-state index contributed by atoms with van der Waals surface area (Å²) in [6.45, 7) is 2.34. The fourth-order valence-corrected chi connectivity index (χ4v) is 1.81. The zero-order chi connectivity index (χ0) is 15.2. The zero-order valence-corrected chi connectivity index (χ0v) is 11.8. The van der Waals surface area contributed by atoms with Gasteiger partial charge in [0.05, 0.1) is 12.7 Å². The van der Waals surface area contributed by atoms with Crippen molar-refractivity contribution in [3.63, 3.8) is 0 Å². The molecule has 21 heavy (non-hydrogen) atoms. The van der Waals surface area contributed by atoms with E-state index >= 15 is 0 Å². The average molecular weight is 289 g/mol. The van der Waals surface area contributed by atoms with Crippen LogP contribution in [0.15, 0.2) is 36.5 Å². The van der Waals surface area contributed by atoms with Crippen LogP contribution in [0, 0.1) is 5.82 Å². The van der Waals surface area contributed by atoms with Crippen LogP contribution in [-0.2, 0) is 0 Å². The predicted molar refractivity (Wildman–Crippen MR) is 79.3 cm³/mol. The molecule has 0 saturated heterocycles. The van der Waals surface area contributed by atoms with Gasteiger partial charge >= 0.3 is 0 Å². The number of carbonyl (C=O) groups is 1. The number of nitrogens with zero attached hydrogens (tertiary/aromatic N) is 1. The molecule has 0 atom stereocenters. The van der Waals surface area contributed by atoms with E-state index in [4.69, 9.17) is 4.74 Å². The second kappa shape index (κ2) is 6.69. The van der Waals surface area contributed by atoms with Crippen LogP contribution in [0.3, 0.4) is 0 Å². The number of methoxy groups -OCH3 is 1. The van der Waals surface area contributed by atoms with Crippen molar-refractivity contribution in [2.24, 2.45) is 0 Å². The van der Waals surface area contributed by atoms with Crippen LogP contribution >= 0.6 is 0 Å². The number of hydrogen-bond acceptors (Lipinski definition) is 4. The minimum absolute atomic E-state index is 0.0655. The molecule has 0 unspecified atom stereocenters. The lowest BCUT2D eigenvalue weighted by Gasteiger charge is -2.09. The van der Waals surface area contributed by atoms with E-state index in [1.165, 1.54) is 19.4 Å². The van der Waals surface area contributed by atoms with Crippen LogP contribution in [0.25, 0.3) is 0 Å². The SMILES string of the molecule is CCNc1nccc(C(=O)Nc2cccc(OC)c2)c1F. The van der Waals surface area contributed by atoms with Gasteiger partial charge < -0.3 is 15.4 Å². The third-order valence-electron chi connectivity index (χ3n) is 2.81. The first kappa shape index (κ1) is 14.8. The topological polar surface area (TPSA) is 63.2 Å². The Kier molecular flexibility index (Phi) is 4.71. The molecule has 1 aromatic heterocycles. The summed E-state index contributed by atoms with van der Waals surface area (Å²) in [5.74, 6) is -0.533. The van der Waals surface area contributed by atoms with E-state index < -0.39 is 11.7 Å². The highest BCUT2D eigenvalue weighted by atomic mass is 19.1. The van der Waals surface area contributed by atoms with Crippen molar-refractivity contribution in [2.75, 3.05) is 24.3 Å².